The second-order valence-corrected chi connectivity index (χ2v) is 11.1. The van der Waals surface area contributed by atoms with Gasteiger partial charge in [-0.05, 0) is 57.0 Å². The lowest BCUT2D eigenvalue weighted by atomic mass is 10.0. The van der Waals surface area contributed by atoms with Gasteiger partial charge in [-0.25, -0.2) is 0 Å². The minimum absolute atomic E-state index is 0.111. The van der Waals surface area contributed by atoms with Crippen LogP contribution in [-0.4, -0.2) is 34.0 Å². The fraction of sp³-hybridized carbons (Fsp3) is 0.310. The second kappa shape index (κ2) is 12.3. The van der Waals surface area contributed by atoms with Gasteiger partial charge in [-0.2, -0.15) is 0 Å². The van der Waals surface area contributed by atoms with E-state index < -0.39 is 11.6 Å². The summed E-state index contributed by atoms with van der Waals surface area (Å²) < 4.78 is 0. The van der Waals surface area contributed by atoms with Crippen LogP contribution in [0, 0.1) is 6.92 Å². The number of amides is 2. The molecular weight excluding hydrogens is 476 g/mol. The zero-order valence-electron chi connectivity index (χ0n) is 20.8. The summed E-state index contributed by atoms with van der Waals surface area (Å²) in [6, 6.07) is 24.7. The Bertz CT molecular complexity index is 1130. The SMILES string of the molecule is Cc1ccc(SCC(=O)N(Cc2ccccc2Cl)C(Cc2ccccc2)C(=O)NC(C)(C)C)cc1. The molecule has 3 rings (SSSR count). The fourth-order valence-electron chi connectivity index (χ4n) is 3.68. The van der Waals surface area contributed by atoms with Gasteiger partial charge in [0.05, 0.1) is 5.75 Å². The molecule has 0 aromatic heterocycles. The summed E-state index contributed by atoms with van der Waals surface area (Å²) in [5, 5.41) is 3.66. The van der Waals surface area contributed by atoms with Gasteiger partial charge in [0, 0.05) is 28.4 Å². The number of benzene rings is 3. The number of thioether (sulfide) groups is 1. The second-order valence-electron chi connectivity index (χ2n) is 9.66. The third-order valence-electron chi connectivity index (χ3n) is 5.45. The third-order valence-corrected chi connectivity index (χ3v) is 6.82. The first kappa shape index (κ1) is 26.8. The summed E-state index contributed by atoms with van der Waals surface area (Å²) in [7, 11) is 0. The van der Waals surface area contributed by atoms with Crippen molar-refractivity contribution in [3.8, 4) is 0 Å². The number of rotatable bonds is 9. The third kappa shape index (κ3) is 8.44. The van der Waals surface area contributed by atoms with Crippen molar-refractivity contribution in [1.29, 1.82) is 0 Å². The first-order chi connectivity index (χ1) is 16.6. The standard InChI is InChI=1S/C29H33ClN2O2S/c1-21-14-16-24(17-15-21)35-20-27(33)32(19-23-12-8-9-13-25(23)30)26(28(34)31-29(2,3)4)18-22-10-6-5-7-11-22/h5-17,26H,18-20H2,1-4H3,(H,31,34). The Labute approximate surface area is 218 Å². The maximum absolute atomic E-state index is 13.7. The lowest BCUT2D eigenvalue weighted by molar-refractivity contribution is -0.140. The molecule has 35 heavy (non-hydrogen) atoms. The Kier molecular flexibility index (Phi) is 9.41. The van der Waals surface area contributed by atoms with Crippen molar-refractivity contribution in [3.05, 3.63) is 101 Å². The predicted molar refractivity (Wildman–Crippen MR) is 146 cm³/mol. The zero-order valence-corrected chi connectivity index (χ0v) is 22.3. The topological polar surface area (TPSA) is 49.4 Å². The smallest absolute Gasteiger partial charge is 0.243 e. The van der Waals surface area contributed by atoms with Gasteiger partial charge in [0.2, 0.25) is 11.8 Å². The Hall–Kier alpha value is -2.76. The van der Waals surface area contributed by atoms with Crippen molar-refractivity contribution < 1.29 is 9.59 Å². The van der Waals surface area contributed by atoms with E-state index in [1.165, 1.54) is 17.3 Å². The first-order valence-corrected chi connectivity index (χ1v) is 13.1. The van der Waals surface area contributed by atoms with E-state index in [1.54, 1.807) is 4.90 Å². The summed E-state index contributed by atoms with van der Waals surface area (Å²) in [4.78, 5) is 29.9. The molecule has 1 unspecified atom stereocenters. The molecule has 1 N–H and O–H groups in total. The van der Waals surface area contributed by atoms with Crippen LogP contribution in [0.2, 0.25) is 5.02 Å². The number of hydrogen-bond donors (Lipinski definition) is 1. The Morgan fingerprint density at radius 3 is 2.20 bits per heavy atom. The molecule has 0 spiro atoms. The predicted octanol–water partition coefficient (Wildman–Crippen LogP) is 6.30. The van der Waals surface area contributed by atoms with Gasteiger partial charge < -0.3 is 10.2 Å². The number of nitrogens with zero attached hydrogens (tertiary/aromatic N) is 1. The summed E-state index contributed by atoms with van der Waals surface area (Å²) in [6.45, 7) is 8.11. The van der Waals surface area contributed by atoms with E-state index >= 15 is 0 Å². The van der Waals surface area contributed by atoms with E-state index in [2.05, 4.69) is 5.32 Å². The Morgan fingerprint density at radius 1 is 0.943 bits per heavy atom. The normalized spacial score (nSPS) is 12.1. The van der Waals surface area contributed by atoms with Crippen molar-refractivity contribution in [1.82, 2.24) is 10.2 Å². The molecule has 2 amide bonds. The maximum atomic E-state index is 13.7. The van der Waals surface area contributed by atoms with Gasteiger partial charge in [0.15, 0.2) is 0 Å². The number of halogens is 1. The van der Waals surface area contributed by atoms with Crippen molar-refractivity contribution in [2.75, 3.05) is 5.75 Å². The number of hydrogen-bond acceptors (Lipinski definition) is 3. The largest absolute Gasteiger partial charge is 0.350 e. The lowest BCUT2D eigenvalue weighted by Crippen LogP contribution is -2.54. The van der Waals surface area contributed by atoms with Crippen LogP contribution in [0.25, 0.3) is 0 Å². The van der Waals surface area contributed by atoms with Crippen LogP contribution in [0.4, 0.5) is 0 Å². The molecule has 0 aliphatic heterocycles. The summed E-state index contributed by atoms with van der Waals surface area (Å²) in [5.41, 5.74) is 2.54. The number of carbonyl (C=O) groups excluding carboxylic acids is 2. The fourth-order valence-corrected chi connectivity index (χ4v) is 4.66. The molecule has 0 saturated heterocycles. The van der Waals surface area contributed by atoms with Crippen LogP contribution < -0.4 is 5.32 Å². The van der Waals surface area contributed by atoms with Gasteiger partial charge in [0.25, 0.3) is 0 Å². The molecule has 3 aromatic carbocycles. The molecule has 0 aliphatic rings. The highest BCUT2D eigenvalue weighted by Crippen LogP contribution is 2.24. The molecule has 1 atom stereocenters. The van der Waals surface area contributed by atoms with Crippen molar-refractivity contribution in [3.63, 3.8) is 0 Å². The summed E-state index contributed by atoms with van der Waals surface area (Å²) in [5.74, 6) is -0.0655. The molecule has 4 nitrogen and oxygen atoms in total. The summed E-state index contributed by atoms with van der Waals surface area (Å²) >= 11 is 7.94. The molecule has 6 heteroatoms. The molecule has 184 valence electrons. The lowest BCUT2D eigenvalue weighted by Gasteiger charge is -2.34. The van der Waals surface area contributed by atoms with Crippen molar-refractivity contribution >= 4 is 35.2 Å². The van der Waals surface area contributed by atoms with E-state index in [0.717, 1.165) is 16.0 Å². The maximum Gasteiger partial charge on any atom is 0.243 e. The van der Waals surface area contributed by atoms with Gasteiger partial charge in [0.1, 0.15) is 6.04 Å². The van der Waals surface area contributed by atoms with Gasteiger partial charge in [-0.15, -0.1) is 11.8 Å². The van der Waals surface area contributed by atoms with E-state index in [0.29, 0.717) is 11.4 Å². The van der Waals surface area contributed by atoms with E-state index in [4.69, 9.17) is 11.6 Å². The molecule has 0 radical (unpaired) electrons. The molecule has 3 aromatic rings. The highest BCUT2D eigenvalue weighted by molar-refractivity contribution is 8.00. The average Bonchev–Trinajstić information content (AvgIpc) is 2.81. The quantitative estimate of drug-likeness (QED) is 0.345. The van der Waals surface area contributed by atoms with Crippen LogP contribution in [0.5, 0.6) is 0 Å². The monoisotopic (exact) mass is 508 g/mol. The Morgan fingerprint density at radius 2 is 1.57 bits per heavy atom. The van der Waals surface area contributed by atoms with Crippen LogP contribution in [0.3, 0.4) is 0 Å². The number of aryl methyl sites for hydroxylation is 1. The van der Waals surface area contributed by atoms with Gasteiger partial charge in [-0.1, -0.05) is 77.8 Å². The van der Waals surface area contributed by atoms with Crippen LogP contribution in [-0.2, 0) is 22.6 Å². The zero-order chi connectivity index (χ0) is 25.4. The minimum Gasteiger partial charge on any atom is -0.350 e. The highest BCUT2D eigenvalue weighted by atomic mass is 35.5. The molecular formula is C29H33ClN2O2S. The van der Waals surface area contributed by atoms with Crippen molar-refractivity contribution in [2.24, 2.45) is 0 Å². The molecule has 0 heterocycles. The van der Waals surface area contributed by atoms with Crippen LogP contribution >= 0.6 is 23.4 Å². The van der Waals surface area contributed by atoms with E-state index in [1.807, 2.05) is 107 Å². The van der Waals surface area contributed by atoms with Crippen LogP contribution in [0.15, 0.2) is 83.8 Å². The minimum atomic E-state index is -0.681. The van der Waals surface area contributed by atoms with Gasteiger partial charge in [-0.3, -0.25) is 9.59 Å². The molecule has 0 bridgehead atoms. The highest BCUT2D eigenvalue weighted by Gasteiger charge is 2.32. The molecule has 0 saturated carbocycles. The van der Waals surface area contributed by atoms with Crippen LogP contribution in [0.1, 0.15) is 37.5 Å². The molecule has 0 aliphatic carbocycles. The molecule has 0 fully saturated rings. The Balaban J connectivity index is 1.93. The van der Waals surface area contributed by atoms with Gasteiger partial charge >= 0.3 is 0 Å². The first-order valence-electron chi connectivity index (χ1n) is 11.7. The number of nitrogens with one attached hydrogen (secondary N) is 1. The number of carbonyl (C=O) groups is 2. The van der Waals surface area contributed by atoms with E-state index in [-0.39, 0.29) is 24.1 Å². The van der Waals surface area contributed by atoms with E-state index in [9.17, 15) is 9.59 Å². The summed E-state index contributed by atoms with van der Waals surface area (Å²) in [6.07, 6.45) is 0.411. The average molecular weight is 509 g/mol. The van der Waals surface area contributed by atoms with Crippen molar-refractivity contribution in [2.45, 2.75) is 57.1 Å².